The molecule has 0 saturated carbocycles. The number of piperazine rings is 1. The molecule has 1 unspecified atom stereocenters. The number of imide groups is 1. The largest absolute Gasteiger partial charge is 0.384 e. The number of imidazole rings is 1. The first-order valence-electron chi connectivity index (χ1n) is 28.3. The molecule has 4 aliphatic rings. The number of aromatic nitrogens is 7. The fourth-order valence-electron chi connectivity index (χ4n) is 11.5. The van der Waals surface area contributed by atoms with Crippen molar-refractivity contribution in [3.63, 3.8) is 0 Å². The van der Waals surface area contributed by atoms with E-state index in [0.29, 0.717) is 59.7 Å². The SMILES string of the molecule is CC.CNC(=O)C(CCC=O)N1C(=O)c2cccc(NCc3cnn(C4CCN(C(=O)C5CCN(c6ccc(C#CCN7CCN(c8c(Cl)cc(-n9c(C)nc%10ccc(-c%11ccnc(N)c%11)nc%109)cc8Cl)CC7)cn6)CC5)CC4)c3)c2C1=O. The lowest BCUT2D eigenvalue weighted by molar-refractivity contribution is -0.137. The Bertz CT molecular complexity index is 3580. The van der Waals surface area contributed by atoms with E-state index in [9.17, 15) is 24.0 Å². The van der Waals surface area contributed by atoms with Crippen LogP contribution < -0.4 is 26.2 Å². The van der Waals surface area contributed by atoms with Crippen LogP contribution in [0.4, 0.5) is 23.0 Å². The van der Waals surface area contributed by atoms with Crippen LogP contribution in [0.25, 0.3) is 28.1 Å². The normalized spacial score (nSPS) is 16.3. The van der Waals surface area contributed by atoms with Crippen molar-refractivity contribution in [3.8, 4) is 28.8 Å². The number of anilines is 4. The van der Waals surface area contributed by atoms with Gasteiger partial charge in [-0.3, -0.25) is 38.2 Å². The van der Waals surface area contributed by atoms with Gasteiger partial charge in [-0.1, -0.05) is 55.0 Å². The zero-order valence-corrected chi connectivity index (χ0v) is 48.5. The van der Waals surface area contributed by atoms with E-state index >= 15 is 0 Å². The second-order valence-corrected chi connectivity index (χ2v) is 21.6. The van der Waals surface area contributed by atoms with Gasteiger partial charge in [0.1, 0.15) is 35.3 Å². The maximum absolute atomic E-state index is 13.8. The summed E-state index contributed by atoms with van der Waals surface area (Å²) in [7, 11) is 1.43. The molecule has 22 heteroatoms. The molecular weight excluding hydrogens is 1090 g/mol. The smallest absolute Gasteiger partial charge is 0.264 e. The number of hydrogen-bond donors (Lipinski definition) is 3. The number of hydrogen-bond acceptors (Lipinski definition) is 15. The predicted molar refractivity (Wildman–Crippen MR) is 322 cm³/mol. The number of pyridine rings is 3. The Kier molecular flexibility index (Phi) is 18.0. The van der Waals surface area contributed by atoms with Crippen LogP contribution >= 0.6 is 23.2 Å². The van der Waals surface area contributed by atoms with E-state index in [4.69, 9.17) is 43.9 Å². The number of nitrogens with one attached hydrogen (secondary N) is 2. The summed E-state index contributed by atoms with van der Waals surface area (Å²) in [5, 5.41) is 11.6. The molecule has 7 aromatic rings. The van der Waals surface area contributed by atoms with Gasteiger partial charge in [0.2, 0.25) is 11.8 Å². The highest BCUT2D eigenvalue weighted by atomic mass is 35.5. The number of aldehydes is 1. The highest BCUT2D eigenvalue weighted by Gasteiger charge is 2.44. The molecule has 11 rings (SSSR count). The summed E-state index contributed by atoms with van der Waals surface area (Å²) in [6.45, 7) is 12.8. The van der Waals surface area contributed by atoms with Crippen molar-refractivity contribution < 1.29 is 24.0 Å². The summed E-state index contributed by atoms with van der Waals surface area (Å²) >= 11 is 14.0. The molecule has 9 heterocycles. The maximum atomic E-state index is 13.8. The molecule has 1 atom stereocenters. The number of amides is 4. The fraction of sp³-hybridized carbons (Fsp3) is 0.377. The topological polar surface area (TPSA) is 226 Å². The second-order valence-electron chi connectivity index (χ2n) is 20.8. The molecule has 0 bridgehead atoms. The van der Waals surface area contributed by atoms with Crippen LogP contribution in [0.2, 0.25) is 10.0 Å². The van der Waals surface area contributed by atoms with Crippen LogP contribution in [0.15, 0.2) is 91.5 Å². The molecule has 3 saturated heterocycles. The number of rotatable bonds is 15. The van der Waals surface area contributed by atoms with Gasteiger partial charge >= 0.3 is 0 Å². The Morgan fingerprint density at radius 3 is 2.31 bits per heavy atom. The predicted octanol–water partition coefficient (Wildman–Crippen LogP) is 7.85. The average Bonchev–Trinajstić information content (AvgIpc) is 3.47. The molecule has 20 nitrogen and oxygen atoms in total. The van der Waals surface area contributed by atoms with E-state index in [0.717, 1.165) is 121 Å². The van der Waals surface area contributed by atoms with Crippen LogP contribution in [0, 0.1) is 24.7 Å². The summed E-state index contributed by atoms with van der Waals surface area (Å²) in [5.41, 5.74) is 13.2. The van der Waals surface area contributed by atoms with Gasteiger partial charge in [-0.15, -0.1) is 0 Å². The van der Waals surface area contributed by atoms with Gasteiger partial charge in [0, 0.05) is 119 Å². The molecule has 430 valence electrons. The minimum Gasteiger partial charge on any atom is -0.384 e. The molecule has 4 N–H and O–H groups in total. The molecule has 5 aromatic heterocycles. The molecule has 4 aliphatic heterocycles. The van der Waals surface area contributed by atoms with Crippen LogP contribution in [-0.4, -0.2) is 151 Å². The fourth-order valence-corrected chi connectivity index (χ4v) is 12.2. The monoisotopic (exact) mass is 1160 g/mol. The van der Waals surface area contributed by atoms with Gasteiger partial charge in [0.25, 0.3) is 11.8 Å². The van der Waals surface area contributed by atoms with Gasteiger partial charge in [-0.05, 0) is 99.7 Å². The molecule has 0 spiro atoms. The summed E-state index contributed by atoms with van der Waals surface area (Å²) < 4.78 is 3.92. The lowest BCUT2D eigenvalue weighted by Gasteiger charge is -2.37. The Labute approximate surface area is 492 Å². The molecule has 3 fully saturated rings. The highest BCUT2D eigenvalue weighted by molar-refractivity contribution is 6.39. The van der Waals surface area contributed by atoms with E-state index in [2.05, 4.69) is 47.3 Å². The van der Waals surface area contributed by atoms with Crippen LogP contribution in [0.3, 0.4) is 0 Å². The quantitative estimate of drug-likeness (QED) is 0.0505. The lowest BCUT2D eigenvalue weighted by atomic mass is 9.93. The number of halogens is 2. The first kappa shape index (κ1) is 57.8. The van der Waals surface area contributed by atoms with Crippen LogP contribution in [0.5, 0.6) is 0 Å². The average molecular weight is 1160 g/mol. The number of aryl methyl sites for hydroxylation is 1. The van der Waals surface area contributed by atoms with E-state index in [1.54, 1.807) is 36.7 Å². The number of carbonyl (C=O) groups excluding carboxylic acids is 5. The summed E-state index contributed by atoms with van der Waals surface area (Å²) in [4.78, 5) is 92.9. The van der Waals surface area contributed by atoms with Gasteiger partial charge in [0.05, 0.1) is 57.0 Å². The van der Waals surface area contributed by atoms with Crippen molar-refractivity contribution >= 4 is 87.3 Å². The second kappa shape index (κ2) is 25.8. The number of benzene rings is 2. The van der Waals surface area contributed by atoms with Gasteiger partial charge < -0.3 is 35.9 Å². The van der Waals surface area contributed by atoms with Crippen molar-refractivity contribution in [2.75, 3.05) is 86.8 Å². The van der Waals surface area contributed by atoms with Gasteiger partial charge in [-0.2, -0.15) is 5.10 Å². The molecule has 0 radical (unpaired) electrons. The third-order valence-electron chi connectivity index (χ3n) is 15.8. The number of nitrogens with two attached hydrogens (primary N) is 1. The molecular formula is C61H67Cl2N15O5. The van der Waals surface area contributed by atoms with Crippen molar-refractivity contribution in [3.05, 3.63) is 130 Å². The number of piperidine rings is 2. The van der Waals surface area contributed by atoms with Crippen molar-refractivity contribution in [2.24, 2.45) is 5.92 Å². The van der Waals surface area contributed by atoms with Crippen LogP contribution in [0.1, 0.15) is 96.1 Å². The summed E-state index contributed by atoms with van der Waals surface area (Å²) in [5.74, 6) is 7.22. The third-order valence-corrected chi connectivity index (χ3v) is 16.4. The number of likely N-dealkylation sites (N-methyl/N-ethyl adjacent to an activating group) is 1. The Morgan fingerprint density at radius 1 is 0.855 bits per heavy atom. The number of nitrogen functional groups attached to an aromatic ring is 1. The van der Waals surface area contributed by atoms with Crippen molar-refractivity contribution in [1.82, 2.24) is 54.3 Å². The zero-order valence-electron chi connectivity index (χ0n) is 47.0. The van der Waals surface area contributed by atoms with E-state index in [1.165, 1.54) is 7.05 Å². The number of carbonyl (C=O) groups is 5. The molecule has 83 heavy (non-hydrogen) atoms. The van der Waals surface area contributed by atoms with Gasteiger partial charge in [0.15, 0.2) is 5.65 Å². The molecule has 4 amide bonds. The Balaban J connectivity index is 0.00000381. The highest BCUT2D eigenvalue weighted by Crippen LogP contribution is 2.39. The minimum absolute atomic E-state index is 0.0284. The van der Waals surface area contributed by atoms with E-state index < -0.39 is 23.8 Å². The van der Waals surface area contributed by atoms with Crippen molar-refractivity contribution in [1.29, 1.82) is 0 Å². The van der Waals surface area contributed by atoms with E-state index in [1.807, 2.05) is 89.8 Å². The maximum Gasteiger partial charge on any atom is 0.264 e. The Morgan fingerprint density at radius 2 is 1.61 bits per heavy atom. The Hall–Kier alpha value is -8.38. The first-order valence-corrected chi connectivity index (χ1v) is 29.1. The molecule has 0 aliphatic carbocycles. The van der Waals surface area contributed by atoms with Crippen molar-refractivity contribution in [2.45, 2.75) is 77.9 Å². The first-order chi connectivity index (χ1) is 40.3. The number of nitrogens with zero attached hydrogens (tertiary/aromatic N) is 12. The van der Waals surface area contributed by atoms with Gasteiger partial charge in [-0.25, -0.2) is 19.9 Å². The standard InChI is InChI=1S/C59H61Cl2N15O5.C2H6/c1-37-68-49-12-11-47(41-14-19-64-51(62)30-41)69-55(49)75(37)43-31-45(60)54(46(61)32-43)72-27-25-70(26-28-72)20-4-6-38-10-13-52(66-33-38)71-21-15-40(16-22-71)57(79)73-23-17-42(18-24-73)74-36-39(35-67-74)34-65-48-8-3-7-44-53(48)59(81)76(58(44)80)50(9-5-29-77)56(78)63-2;1-2/h3,7-8,10-14,19,29-33,35-36,40,42,50,65H,5,9,15-18,20-28,34H2,1-2H3,(H2,62,64)(H,63,78);1-2H3. The third kappa shape index (κ3) is 12.4. The zero-order chi connectivity index (χ0) is 58.3. The number of likely N-dealkylation sites (tertiary alicyclic amines) is 1. The minimum atomic E-state index is -1.10. The summed E-state index contributed by atoms with van der Waals surface area (Å²) in [6.07, 6.45) is 11.1. The molecule has 2 aromatic carbocycles. The number of fused-ring (bicyclic) bond motifs is 2. The summed E-state index contributed by atoms with van der Waals surface area (Å²) in [6, 6.07) is 19.4. The van der Waals surface area contributed by atoms with E-state index in [-0.39, 0.29) is 41.8 Å². The lowest BCUT2D eigenvalue weighted by Crippen LogP contribution is -2.48. The van der Waals surface area contributed by atoms with Crippen LogP contribution in [-0.2, 0) is 20.9 Å².